The number of fused-ring (bicyclic) bond motifs is 2. The minimum Gasteiger partial charge on any atom is -0.493 e. The molecule has 2 aliphatic heterocycles. The smallest absolute Gasteiger partial charge is 0.236 e. The van der Waals surface area contributed by atoms with E-state index >= 15 is 0 Å². The topological polar surface area (TPSA) is 74.0 Å². The molecule has 1 aromatic carbocycles. The number of piperidine rings is 1. The van der Waals surface area contributed by atoms with Gasteiger partial charge in [0, 0.05) is 13.1 Å². The van der Waals surface area contributed by atoms with Crippen molar-refractivity contribution < 1.29 is 19.0 Å². The van der Waals surface area contributed by atoms with Crippen LogP contribution in [-0.2, 0) is 21.6 Å². The van der Waals surface area contributed by atoms with E-state index in [1.807, 2.05) is 11.0 Å². The summed E-state index contributed by atoms with van der Waals surface area (Å²) < 4.78 is 17.1. The Morgan fingerprint density at radius 1 is 1.26 bits per heavy atom. The van der Waals surface area contributed by atoms with E-state index in [1.54, 1.807) is 14.2 Å². The van der Waals surface area contributed by atoms with Gasteiger partial charge in [0.05, 0.1) is 33.0 Å². The van der Waals surface area contributed by atoms with Crippen LogP contribution in [0.4, 0.5) is 0 Å². The highest BCUT2D eigenvalue weighted by Gasteiger charge is 2.42. The first-order chi connectivity index (χ1) is 11.1. The number of amides is 1. The Balaban J connectivity index is 1.91. The van der Waals surface area contributed by atoms with E-state index < -0.39 is 0 Å². The van der Waals surface area contributed by atoms with Crippen molar-refractivity contribution in [2.75, 3.05) is 40.5 Å². The lowest BCUT2D eigenvalue weighted by Crippen LogP contribution is -2.49. The third-order valence-corrected chi connectivity index (χ3v) is 4.95. The summed E-state index contributed by atoms with van der Waals surface area (Å²) in [5, 5.41) is 0. The highest BCUT2D eigenvalue weighted by Crippen LogP contribution is 2.45. The Morgan fingerprint density at radius 2 is 1.91 bits per heavy atom. The Kier molecular flexibility index (Phi) is 4.46. The lowest BCUT2D eigenvalue weighted by atomic mass is 9.79. The molecule has 0 atom stereocenters. The lowest BCUT2D eigenvalue weighted by Gasteiger charge is -2.45. The highest BCUT2D eigenvalue weighted by molar-refractivity contribution is 5.78. The van der Waals surface area contributed by atoms with Crippen molar-refractivity contribution in [1.82, 2.24) is 4.90 Å². The fourth-order valence-corrected chi connectivity index (χ4v) is 3.65. The number of likely N-dealkylation sites (tertiary alicyclic amines) is 1. The van der Waals surface area contributed by atoms with Crippen molar-refractivity contribution in [1.29, 1.82) is 0 Å². The molecule has 0 bridgehead atoms. The number of carbonyl (C=O) groups excluding carboxylic acids is 1. The van der Waals surface area contributed by atoms with Crippen LogP contribution < -0.4 is 15.2 Å². The number of nitrogens with zero attached hydrogens (tertiary/aromatic N) is 1. The number of rotatable bonds is 3. The monoisotopic (exact) mass is 320 g/mol. The second-order valence-electron chi connectivity index (χ2n) is 6.04. The van der Waals surface area contributed by atoms with Gasteiger partial charge in [-0.25, -0.2) is 0 Å². The lowest BCUT2D eigenvalue weighted by molar-refractivity contribution is -0.139. The Hall–Kier alpha value is -1.79. The number of hydrogen-bond acceptors (Lipinski definition) is 5. The van der Waals surface area contributed by atoms with E-state index in [0.29, 0.717) is 19.7 Å². The molecular weight excluding hydrogens is 296 g/mol. The van der Waals surface area contributed by atoms with Gasteiger partial charge < -0.3 is 24.8 Å². The third-order valence-electron chi connectivity index (χ3n) is 4.95. The van der Waals surface area contributed by atoms with Gasteiger partial charge in [0.25, 0.3) is 0 Å². The quantitative estimate of drug-likeness (QED) is 0.901. The number of ether oxygens (including phenoxy) is 3. The van der Waals surface area contributed by atoms with E-state index in [-0.39, 0.29) is 18.1 Å². The van der Waals surface area contributed by atoms with Crippen LogP contribution in [0.3, 0.4) is 0 Å². The van der Waals surface area contributed by atoms with Crippen molar-refractivity contribution >= 4 is 5.91 Å². The Labute approximate surface area is 136 Å². The molecule has 6 nitrogen and oxygen atoms in total. The zero-order valence-electron chi connectivity index (χ0n) is 13.8. The summed E-state index contributed by atoms with van der Waals surface area (Å²) in [5.74, 6) is 1.47. The van der Waals surface area contributed by atoms with Crippen molar-refractivity contribution in [3.63, 3.8) is 0 Å². The molecule has 23 heavy (non-hydrogen) atoms. The number of hydrogen-bond donors (Lipinski definition) is 1. The van der Waals surface area contributed by atoms with Crippen molar-refractivity contribution in [2.45, 2.75) is 24.9 Å². The van der Waals surface area contributed by atoms with Crippen LogP contribution in [0, 0.1) is 0 Å². The van der Waals surface area contributed by atoms with Crippen LogP contribution >= 0.6 is 0 Å². The number of methoxy groups -OCH3 is 2. The first-order valence-corrected chi connectivity index (χ1v) is 8.00. The molecule has 1 spiro atoms. The van der Waals surface area contributed by atoms with Gasteiger partial charge >= 0.3 is 0 Å². The minimum atomic E-state index is -0.335. The van der Waals surface area contributed by atoms with E-state index in [2.05, 4.69) is 6.07 Å². The molecule has 1 amide bonds. The summed E-state index contributed by atoms with van der Waals surface area (Å²) >= 11 is 0. The van der Waals surface area contributed by atoms with Gasteiger partial charge in [0.15, 0.2) is 11.5 Å². The van der Waals surface area contributed by atoms with Gasteiger partial charge in [-0.05, 0) is 42.5 Å². The normalized spacial score (nSPS) is 19.3. The second kappa shape index (κ2) is 6.37. The molecule has 2 heterocycles. The van der Waals surface area contributed by atoms with Gasteiger partial charge in [0.2, 0.25) is 5.91 Å². The van der Waals surface area contributed by atoms with Gasteiger partial charge in [-0.3, -0.25) is 4.79 Å². The molecule has 1 aromatic rings. The third kappa shape index (κ3) is 2.77. The summed E-state index contributed by atoms with van der Waals surface area (Å²) in [7, 11) is 3.29. The number of nitrogens with two attached hydrogens (primary N) is 1. The second-order valence-corrected chi connectivity index (χ2v) is 6.04. The zero-order valence-corrected chi connectivity index (χ0v) is 13.8. The van der Waals surface area contributed by atoms with Crippen LogP contribution in [0.25, 0.3) is 0 Å². The van der Waals surface area contributed by atoms with Crippen LogP contribution in [0.1, 0.15) is 24.0 Å². The van der Waals surface area contributed by atoms with Crippen LogP contribution in [-0.4, -0.2) is 51.3 Å². The maximum atomic E-state index is 11.8. The fourth-order valence-electron chi connectivity index (χ4n) is 3.65. The molecule has 6 heteroatoms. The van der Waals surface area contributed by atoms with E-state index in [9.17, 15) is 4.79 Å². The van der Waals surface area contributed by atoms with Crippen LogP contribution in [0.5, 0.6) is 11.5 Å². The zero-order chi connectivity index (χ0) is 16.4. The molecule has 0 radical (unpaired) electrons. The number of carbonyl (C=O) groups is 1. The molecule has 126 valence electrons. The van der Waals surface area contributed by atoms with Crippen LogP contribution in [0.15, 0.2) is 12.1 Å². The van der Waals surface area contributed by atoms with Crippen molar-refractivity contribution in [3.05, 3.63) is 23.3 Å². The average molecular weight is 320 g/mol. The standard InChI is InChI=1S/C17H24N2O4/c1-21-14-9-12-3-8-23-17(13(12)10-15(14)22-2)4-6-19(7-5-17)16(20)11-18/h9-10H,3-8,11,18H2,1-2H3. The highest BCUT2D eigenvalue weighted by atomic mass is 16.5. The minimum absolute atomic E-state index is 0.00296. The van der Waals surface area contributed by atoms with E-state index in [4.69, 9.17) is 19.9 Å². The Morgan fingerprint density at radius 3 is 2.52 bits per heavy atom. The fraction of sp³-hybridized carbons (Fsp3) is 0.588. The molecule has 0 saturated carbocycles. The first-order valence-electron chi connectivity index (χ1n) is 8.00. The van der Waals surface area contributed by atoms with E-state index in [1.165, 1.54) is 11.1 Å². The predicted molar refractivity (Wildman–Crippen MR) is 85.7 cm³/mol. The van der Waals surface area contributed by atoms with E-state index in [0.717, 1.165) is 30.8 Å². The first kappa shape index (κ1) is 16.1. The van der Waals surface area contributed by atoms with Gasteiger partial charge in [0.1, 0.15) is 0 Å². The summed E-state index contributed by atoms with van der Waals surface area (Å²) in [4.78, 5) is 13.6. The predicted octanol–water partition coefficient (Wildman–Crippen LogP) is 1.05. The largest absolute Gasteiger partial charge is 0.493 e. The van der Waals surface area contributed by atoms with Crippen LogP contribution in [0.2, 0.25) is 0 Å². The summed E-state index contributed by atoms with van der Waals surface area (Å²) in [6.45, 7) is 2.09. The molecule has 0 unspecified atom stereocenters. The maximum absolute atomic E-state index is 11.8. The average Bonchev–Trinajstić information content (AvgIpc) is 2.61. The summed E-state index contributed by atoms with van der Waals surface area (Å²) in [6.07, 6.45) is 2.42. The SMILES string of the molecule is COc1cc2c(cc1OC)C1(CCN(C(=O)CN)CC1)OCC2. The summed E-state index contributed by atoms with van der Waals surface area (Å²) in [6, 6.07) is 4.09. The molecule has 3 rings (SSSR count). The molecule has 2 aliphatic rings. The molecule has 1 saturated heterocycles. The molecule has 0 aromatic heterocycles. The maximum Gasteiger partial charge on any atom is 0.236 e. The molecule has 0 aliphatic carbocycles. The van der Waals surface area contributed by atoms with Crippen molar-refractivity contribution in [2.24, 2.45) is 5.73 Å². The summed E-state index contributed by atoms with van der Waals surface area (Å²) in [5.41, 5.74) is 7.54. The number of benzene rings is 1. The van der Waals surface area contributed by atoms with Gasteiger partial charge in [-0.2, -0.15) is 0 Å². The molecular formula is C17H24N2O4. The Bertz CT molecular complexity index is 595. The molecule has 2 N–H and O–H groups in total. The van der Waals surface area contributed by atoms with Gasteiger partial charge in [-0.1, -0.05) is 0 Å². The molecule has 1 fully saturated rings. The van der Waals surface area contributed by atoms with Gasteiger partial charge in [-0.15, -0.1) is 0 Å². The van der Waals surface area contributed by atoms with Crippen molar-refractivity contribution in [3.8, 4) is 11.5 Å².